The first kappa shape index (κ1) is 11.5. The van der Waals surface area contributed by atoms with Gasteiger partial charge in [0.2, 0.25) is 0 Å². The molecular formula is C14H23N2+. The lowest BCUT2D eigenvalue weighted by atomic mass is 10.2. The molecule has 1 aromatic rings. The van der Waals surface area contributed by atoms with E-state index in [2.05, 4.69) is 49.6 Å². The number of likely N-dealkylation sites (tertiary alicyclic amines) is 1. The van der Waals surface area contributed by atoms with Crippen LogP contribution in [0.5, 0.6) is 0 Å². The first-order valence-electron chi connectivity index (χ1n) is 6.38. The summed E-state index contributed by atoms with van der Waals surface area (Å²) < 4.78 is 1.24. The average Bonchev–Trinajstić information content (AvgIpc) is 2.70. The van der Waals surface area contributed by atoms with Gasteiger partial charge in [0.05, 0.1) is 26.7 Å². The lowest BCUT2D eigenvalue weighted by Crippen LogP contribution is -2.50. The number of quaternary nitrogens is 1. The minimum Gasteiger partial charge on any atom is -0.379 e. The van der Waals surface area contributed by atoms with Gasteiger partial charge < -0.3 is 9.80 Å². The van der Waals surface area contributed by atoms with Crippen molar-refractivity contribution in [3.8, 4) is 0 Å². The van der Waals surface area contributed by atoms with Crippen LogP contribution < -0.4 is 5.32 Å². The number of para-hydroxylation sites is 1. The monoisotopic (exact) mass is 219 g/mol. The van der Waals surface area contributed by atoms with Crippen molar-refractivity contribution in [1.82, 2.24) is 0 Å². The molecule has 0 spiro atoms. The lowest BCUT2D eigenvalue weighted by molar-refractivity contribution is -0.917. The highest BCUT2D eigenvalue weighted by atomic mass is 15.4. The molecule has 1 N–H and O–H groups in total. The van der Waals surface area contributed by atoms with Gasteiger partial charge in [-0.3, -0.25) is 0 Å². The van der Waals surface area contributed by atoms with Gasteiger partial charge in [-0.2, -0.15) is 0 Å². The predicted octanol–water partition coefficient (Wildman–Crippen LogP) is 2.73. The first-order chi connectivity index (χ1) is 7.74. The summed E-state index contributed by atoms with van der Waals surface area (Å²) in [6, 6.07) is 11.3. The molecule has 2 atom stereocenters. The van der Waals surface area contributed by atoms with Crippen molar-refractivity contribution in [3.05, 3.63) is 30.3 Å². The van der Waals surface area contributed by atoms with Gasteiger partial charge in [-0.15, -0.1) is 0 Å². The second kappa shape index (κ2) is 4.88. The highest BCUT2D eigenvalue weighted by Gasteiger charge is 2.35. The Labute approximate surface area is 98.9 Å². The highest BCUT2D eigenvalue weighted by molar-refractivity contribution is 5.42. The molecule has 0 radical (unpaired) electrons. The molecule has 2 rings (SSSR count). The number of hydrogen-bond acceptors (Lipinski definition) is 1. The van der Waals surface area contributed by atoms with E-state index in [0.29, 0.717) is 0 Å². The molecule has 1 fully saturated rings. The summed E-state index contributed by atoms with van der Waals surface area (Å²) >= 11 is 0. The maximum absolute atomic E-state index is 3.56. The number of likely N-dealkylation sites (N-methyl/N-ethyl adjacent to an activating group) is 1. The van der Waals surface area contributed by atoms with Gasteiger partial charge in [-0.1, -0.05) is 18.2 Å². The molecule has 1 aromatic carbocycles. The van der Waals surface area contributed by atoms with Crippen LogP contribution in [0.1, 0.15) is 19.8 Å². The van der Waals surface area contributed by atoms with Gasteiger partial charge in [0.15, 0.2) is 0 Å². The van der Waals surface area contributed by atoms with Gasteiger partial charge >= 0.3 is 0 Å². The van der Waals surface area contributed by atoms with Crippen LogP contribution in [0, 0.1) is 0 Å². The summed E-state index contributed by atoms with van der Waals surface area (Å²) in [6.07, 6.45) is 2.75. The van der Waals surface area contributed by atoms with Gasteiger partial charge in [-0.05, 0) is 19.1 Å². The minimum atomic E-state index is 0.783. The van der Waals surface area contributed by atoms with E-state index < -0.39 is 0 Å². The fourth-order valence-corrected chi connectivity index (χ4v) is 2.71. The van der Waals surface area contributed by atoms with E-state index in [-0.39, 0.29) is 0 Å². The number of anilines is 1. The Kier molecular flexibility index (Phi) is 3.49. The van der Waals surface area contributed by atoms with Crippen LogP contribution >= 0.6 is 0 Å². The second-order valence-electron chi connectivity index (χ2n) is 5.06. The molecule has 2 nitrogen and oxygen atoms in total. The molecule has 0 bridgehead atoms. The summed E-state index contributed by atoms with van der Waals surface area (Å²) in [5.41, 5.74) is 1.25. The molecule has 16 heavy (non-hydrogen) atoms. The molecular weight excluding hydrogens is 196 g/mol. The number of nitrogens with zero attached hydrogens (tertiary/aromatic N) is 1. The van der Waals surface area contributed by atoms with Crippen molar-refractivity contribution < 1.29 is 4.48 Å². The first-order valence-corrected chi connectivity index (χ1v) is 6.38. The standard InChI is InChI=1S/C14H23N2/c1-3-16(2)11-7-10-14(16)12-15-13-8-5-4-6-9-13/h4-6,8-9,14-15H,3,7,10-12H2,1-2H3/q+1/t14-,16+/m0/s1. The smallest absolute Gasteiger partial charge is 0.106 e. The summed E-state index contributed by atoms with van der Waals surface area (Å²) in [6.45, 7) is 6.01. The Bertz CT molecular complexity index is 323. The fourth-order valence-electron chi connectivity index (χ4n) is 2.71. The normalized spacial score (nSPS) is 29.2. The Morgan fingerprint density at radius 2 is 2.06 bits per heavy atom. The van der Waals surface area contributed by atoms with Crippen LogP contribution in [-0.2, 0) is 0 Å². The molecule has 1 heterocycles. The molecule has 0 unspecified atom stereocenters. The van der Waals surface area contributed by atoms with Gasteiger partial charge in [0, 0.05) is 18.5 Å². The Balaban J connectivity index is 1.91. The van der Waals surface area contributed by atoms with Crippen LogP contribution in [0.3, 0.4) is 0 Å². The predicted molar refractivity (Wildman–Crippen MR) is 69.5 cm³/mol. The highest BCUT2D eigenvalue weighted by Crippen LogP contribution is 2.24. The van der Waals surface area contributed by atoms with Crippen molar-refractivity contribution >= 4 is 5.69 Å². The maximum atomic E-state index is 3.56. The van der Waals surface area contributed by atoms with Gasteiger partial charge in [0.25, 0.3) is 0 Å². The third-order valence-electron chi connectivity index (χ3n) is 4.13. The number of benzene rings is 1. The minimum absolute atomic E-state index is 0.783. The number of rotatable bonds is 4. The molecule has 1 saturated heterocycles. The molecule has 0 aliphatic carbocycles. The molecule has 1 aliphatic heterocycles. The van der Waals surface area contributed by atoms with Crippen molar-refractivity contribution in [3.63, 3.8) is 0 Å². The molecule has 0 aromatic heterocycles. The Morgan fingerprint density at radius 3 is 2.75 bits per heavy atom. The molecule has 1 aliphatic rings. The van der Waals surface area contributed by atoms with Crippen molar-refractivity contribution in [1.29, 1.82) is 0 Å². The maximum Gasteiger partial charge on any atom is 0.106 e. The number of hydrogen-bond donors (Lipinski definition) is 1. The van der Waals surface area contributed by atoms with Crippen LogP contribution in [0.2, 0.25) is 0 Å². The van der Waals surface area contributed by atoms with E-state index in [1.165, 1.54) is 36.1 Å². The van der Waals surface area contributed by atoms with Crippen LogP contribution in [0.4, 0.5) is 5.69 Å². The van der Waals surface area contributed by atoms with E-state index in [0.717, 1.165) is 12.6 Å². The zero-order chi connectivity index (χ0) is 11.4. The van der Waals surface area contributed by atoms with Crippen LogP contribution in [-0.4, -0.2) is 37.2 Å². The van der Waals surface area contributed by atoms with E-state index >= 15 is 0 Å². The van der Waals surface area contributed by atoms with Crippen molar-refractivity contribution in [2.45, 2.75) is 25.8 Å². The van der Waals surface area contributed by atoms with Gasteiger partial charge in [-0.25, -0.2) is 0 Å². The number of nitrogens with one attached hydrogen (secondary N) is 1. The quantitative estimate of drug-likeness (QED) is 0.768. The summed E-state index contributed by atoms with van der Waals surface area (Å²) in [4.78, 5) is 0. The molecule has 2 heteroatoms. The molecule has 0 saturated carbocycles. The summed E-state index contributed by atoms with van der Waals surface area (Å²) in [5, 5.41) is 3.56. The van der Waals surface area contributed by atoms with E-state index in [1.54, 1.807) is 0 Å². The average molecular weight is 219 g/mol. The fraction of sp³-hybridized carbons (Fsp3) is 0.571. The Hall–Kier alpha value is -1.02. The summed E-state index contributed by atoms with van der Waals surface area (Å²) in [7, 11) is 2.39. The van der Waals surface area contributed by atoms with Crippen LogP contribution in [0.25, 0.3) is 0 Å². The van der Waals surface area contributed by atoms with E-state index in [4.69, 9.17) is 0 Å². The van der Waals surface area contributed by atoms with Crippen molar-refractivity contribution in [2.75, 3.05) is 32.0 Å². The van der Waals surface area contributed by atoms with Gasteiger partial charge in [0.1, 0.15) is 6.04 Å². The van der Waals surface area contributed by atoms with E-state index in [9.17, 15) is 0 Å². The second-order valence-corrected chi connectivity index (χ2v) is 5.06. The third-order valence-corrected chi connectivity index (χ3v) is 4.13. The summed E-state index contributed by atoms with van der Waals surface area (Å²) in [5.74, 6) is 0. The van der Waals surface area contributed by atoms with E-state index in [1.807, 2.05) is 0 Å². The topological polar surface area (TPSA) is 12.0 Å². The van der Waals surface area contributed by atoms with Crippen LogP contribution in [0.15, 0.2) is 30.3 Å². The third kappa shape index (κ3) is 2.38. The molecule has 88 valence electrons. The Morgan fingerprint density at radius 1 is 1.31 bits per heavy atom. The zero-order valence-corrected chi connectivity index (χ0v) is 10.4. The zero-order valence-electron chi connectivity index (χ0n) is 10.4. The lowest BCUT2D eigenvalue weighted by Gasteiger charge is -2.35. The SMILES string of the molecule is CC[N@+]1(C)CCC[C@H]1CNc1ccccc1. The molecule has 0 amide bonds. The van der Waals surface area contributed by atoms with Crippen molar-refractivity contribution in [2.24, 2.45) is 0 Å². The largest absolute Gasteiger partial charge is 0.379 e.